The largest absolute Gasteiger partial charge is 0.369 e. The third kappa shape index (κ3) is 2.56. The molecule has 0 saturated carbocycles. The molecule has 0 N–H and O–H groups in total. The number of rotatable bonds is 2. The Hall–Kier alpha value is -1.81. The fourth-order valence-electron chi connectivity index (χ4n) is 2.95. The normalized spacial score (nSPS) is 17.4. The Morgan fingerprint density at radius 2 is 2.05 bits per heavy atom. The Morgan fingerprint density at radius 1 is 1.33 bits per heavy atom. The summed E-state index contributed by atoms with van der Waals surface area (Å²) in [6.45, 7) is 0. The van der Waals surface area contributed by atoms with Crippen LogP contribution in [0.2, 0.25) is 5.02 Å². The Labute approximate surface area is 129 Å². The molecule has 4 nitrogen and oxygen atoms in total. The minimum atomic E-state index is -0.253. The zero-order valence-corrected chi connectivity index (χ0v) is 13.0. The van der Waals surface area contributed by atoms with Gasteiger partial charge in [0, 0.05) is 20.1 Å². The molecule has 3 rings (SSSR count). The van der Waals surface area contributed by atoms with Crippen LogP contribution in [-0.4, -0.2) is 22.9 Å². The molecular weight excluding hydrogens is 286 g/mol. The van der Waals surface area contributed by atoms with Crippen LogP contribution >= 0.6 is 11.6 Å². The molecule has 1 aliphatic carbocycles. The molecule has 2 aromatic rings. The van der Waals surface area contributed by atoms with Crippen LogP contribution in [0.25, 0.3) is 0 Å². The van der Waals surface area contributed by atoms with Gasteiger partial charge in [-0.3, -0.25) is 4.79 Å². The Bertz CT molecular complexity index is 726. The van der Waals surface area contributed by atoms with E-state index in [9.17, 15) is 4.79 Å². The number of hydrogen-bond donors (Lipinski definition) is 0. The van der Waals surface area contributed by atoms with Crippen molar-refractivity contribution < 1.29 is 0 Å². The SMILES string of the molecule is CN(c1cnn(C)c(=O)c1Cl)C1CCc2ccccc2C1. The minimum absolute atomic E-state index is 0.244. The van der Waals surface area contributed by atoms with Crippen LogP contribution in [0, 0.1) is 0 Å². The maximum atomic E-state index is 11.9. The highest BCUT2D eigenvalue weighted by Crippen LogP contribution is 2.29. The van der Waals surface area contributed by atoms with E-state index in [0.29, 0.717) is 11.7 Å². The van der Waals surface area contributed by atoms with Gasteiger partial charge in [0.15, 0.2) is 0 Å². The van der Waals surface area contributed by atoms with Crippen LogP contribution in [-0.2, 0) is 19.9 Å². The minimum Gasteiger partial charge on any atom is -0.369 e. The number of likely N-dealkylation sites (N-methyl/N-ethyl adjacent to an activating group) is 1. The van der Waals surface area contributed by atoms with Gasteiger partial charge in [-0.15, -0.1) is 0 Å². The van der Waals surface area contributed by atoms with Crippen LogP contribution in [0.3, 0.4) is 0 Å². The van der Waals surface area contributed by atoms with Crippen LogP contribution < -0.4 is 10.5 Å². The van der Waals surface area contributed by atoms with Gasteiger partial charge in [0.1, 0.15) is 5.02 Å². The van der Waals surface area contributed by atoms with Crippen molar-refractivity contribution in [3.63, 3.8) is 0 Å². The average molecular weight is 304 g/mol. The van der Waals surface area contributed by atoms with E-state index in [2.05, 4.69) is 34.3 Å². The van der Waals surface area contributed by atoms with Gasteiger partial charge in [-0.2, -0.15) is 5.10 Å². The third-order valence-electron chi connectivity index (χ3n) is 4.31. The molecule has 110 valence electrons. The second-order valence-electron chi connectivity index (χ2n) is 5.55. The zero-order chi connectivity index (χ0) is 15.0. The van der Waals surface area contributed by atoms with Crippen molar-refractivity contribution in [3.8, 4) is 0 Å². The lowest BCUT2D eigenvalue weighted by Crippen LogP contribution is -2.38. The van der Waals surface area contributed by atoms with Crippen molar-refractivity contribution in [2.24, 2.45) is 7.05 Å². The van der Waals surface area contributed by atoms with Crippen molar-refractivity contribution in [1.82, 2.24) is 9.78 Å². The number of aromatic nitrogens is 2. The molecule has 21 heavy (non-hydrogen) atoms. The van der Waals surface area contributed by atoms with Crippen LogP contribution in [0.15, 0.2) is 35.3 Å². The highest BCUT2D eigenvalue weighted by Gasteiger charge is 2.24. The van der Waals surface area contributed by atoms with E-state index in [0.717, 1.165) is 19.3 Å². The maximum Gasteiger partial charge on any atom is 0.287 e. The first-order chi connectivity index (χ1) is 10.1. The molecular formula is C16H18ClN3O. The topological polar surface area (TPSA) is 38.1 Å². The summed E-state index contributed by atoms with van der Waals surface area (Å²) in [4.78, 5) is 14.0. The summed E-state index contributed by atoms with van der Waals surface area (Å²) in [5, 5.41) is 4.32. The predicted octanol–water partition coefficient (Wildman–Crippen LogP) is 2.43. The van der Waals surface area contributed by atoms with E-state index in [1.807, 2.05) is 7.05 Å². The van der Waals surface area contributed by atoms with Gasteiger partial charge < -0.3 is 4.90 Å². The zero-order valence-electron chi connectivity index (χ0n) is 12.2. The summed E-state index contributed by atoms with van der Waals surface area (Å²) in [6, 6.07) is 8.88. The standard InChI is InChI=1S/C16H18ClN3O/c1-19(14-10-18-20(2)16(21)15(14)17)13-8-7-11-5-3-4-6-12(11)9-13/h3-6,10,13H,7-9H2,1-2H3. The van der Waals surface area contributed by atoms with E-state index in [-0.39, 0.29) is 10.6 Å². The molecule has 0 spiro atoms. The summed E-state index contributed by atoms with van der Waals surface area (Å²) in [7, 11) is 3.59. The molecule has 0 amide bonds. The van der Waals surface area contributed by atoms with Crippen LogP contribution in [0.1, 0.15) is 17.5 Å². The number of hydrogen-bond acceptors (Lipinski definition) is 3. The summed E-state index contributed by atoms with van der Waals surface area (Å²) < 4.78 is 1.26. The summed E-state index contributed by atoms with van der Waals surface area (Å²) in [6.07, 6.45) is 4.75. The second kappa shape index (κ2) is 5.53. The maximum absolute atomic E-state index is 11.9. The van der Waals surface area contributed by atoms with Crippen molar-refractivity contribution >= 4 is 17.3 Å². The lowest BCUT2D eigenvalue weighted by atomic mass is 9.87. The smallest absolute Gasteiger partial charge is 0.287 e. The highest BCUT2D eigenvalue weighted by molar-refractivity contribution is 6.33. The summed E-state index contributed by atoms with van der Waals surface area (Å²) >= 11 is 6.20. The third-order valence-corrected chi connectivity index (χ3v) is 4.66. The highest BCUT2D eigenvalue weighted by atomic mass is 35.5. The number of halogens is 1. The fourth-order valence-corrected chi connectivity index (χ4v) is 3.26. The molecule has 1 heterocycles. The molecule has 5 heteroatoms. The van der Waals surface area contributed by atoms with Gasteiger partial charge >= 0.3 is 0 Å². The molecule has 1 unspecified atom stereocenters. The number of fused-ring (bicyclic) bond motifs is 1. The molecule has 0 bridgehead atoms. The number of nitrogens with zero attached hydrogens (tertiary/aromatic N) is 3. The van der Waals surface area contributed by atoms with Gasteiger partial charge in [-0.25, -0.2) is 4.68 Å². The van der Waals surface area contributed by atoms with Gasteiger partial charge in [-0.05, 0) is 30.4 Å². The van der Waals surface area contributed by atoms with Crippen molar-refractivity contribution in [2.45, 2.75) is 25.3 Å². The molecule has 1 aromatic carbocycles. The predicted molar refractivity (Wildman–Crippen MR) is 85.1 cm³/mol. The van der Waals surface area contributed by atoms with E-state index in [1.165, 1.54) is 15.8 Å². The molecule has 0 fully saturated rings. The molecule has 1 aromatic heterocycles. The van der Waals surface area contributed by atoms with Crippen LogP contribution in [0.5, 0.6) is 0 Å². The van der Waals surface area contributed by atoms with E-state index in [1.54, 1.807) is 13.2 Å². The van der Waals surface area contributed by atoms with Gasteiger partial charge in [0.2, 0.25) is 0 Å². The van der Waals surface area contributed by atoms with Crippen molar-refractivity contribution in [2.75, 3.05) is 11.9 Å². The lowest BCUT2D eigenvalue weighted by Gasteiger charge is -2.34. The first-order valence-electron chi connectivity index (χ1n) is 7.09. The number of benzene rings is 1. The van der Waals surface area contributed by atoms with Crippen LogP contribution in [0.4, 0.5) is 5.69 Å². The van der Waals surface area contributed by atoms with Gasteiger partial charge in [-0.1, -0.05) is 35.9 Å². The summed E-state index contributed by atoms with van der Waals surface area (Å²) in [5.41, 5.74) is 3.27. The quantitative estimate of drug-likeness (QED) is 0.855. The second-order valence-corrected chi connectivity index (χ2v) is 5.93. The fraction of sp³-hybridized carbons (Fsp3) is 0.375. The molecule has 0 radical (unpaired) electrons. The Balaban J connectivity index is 1.89. The first kappa shape index (κ1) is 14.1. The molecule has 0 saturated heterocycles. The Kier molecular flexibility index (Phi) is 3.72. The monoisotopic (exact) mass is 303 g/mol. The van der Waals surface area contributed by atoms with Crippen molar-refractivity contribution in [3.05, 3.63) is 57.0 Å². The number of aryl methyl sites for hydroxylation is 2. The van der Waals surface area contributed by atoms with Gasteiger partial charge in [0.25, 0.3) is 5.56 Å². The lowest BCUT2D eigenvalue weighted by molar-refractivity contribution is 0.545. The molecule has 1 atom stereocenters. The average Bonchev–Trinajstić information content (AvgIpc) is 2.52. The summed E-state index contributed by atoms with van der Waals surface area (Å²) in [5.74, 6) is 0. The van der Waals surface area contributed by atoms with E-state index >= 15 is 0 Å². The van der Waals surface area contributed by atoms with E-state index in [4.69, 9.17) is 11.6 Å². The first-order valence-corrected chi connectivity index (χ1v) is 7.47. The van der Waals surface area contributed by atoms with Crippen molar-refractivity contribution in [1.29, 1.82) is 0 Å². The van der Waals surface area contributed by atoms with E-state index < -0.39 is 0 Å². The molecule has 1 aliphatic rings. The molecule has 0 aliphatic heterocycles. The Morgan fingerprint density at radius 3 is 2.81 bits per heavy atom. The van der Waals surface area contributed by atoms with Gasteiger partial charge in [0.05, 0.1) is 11.9 Å². The number of anilines is 1.